The molecule has 0 radical (unpaired) electrons. The molecule has 0 atom stereocenters. The Morgan fingerprint density at radius 3 is 2.67 bits per heavy atom. The first kappa shape index (κ1) is 7.09. The second kappa shape index (κ2) is 2.48. The number of hydrogen-bond acceptors (Lipinski definition) is 4. The van der Waals surface area contributed by atoms with Crippen molar-refractivity contribution in [3.05, 3.63) is 23.5 Å². The molecule has 1 aromatic rings. The summed E-state index contributed by atoms with van der Waals surface area (Å²) in [7, 11) is 0. The highest BCUT2D eigenvalue weighted by molar-refractivity contribution is 6.12. The average molecular weight is 162 g/mol. The van der Waals surface area contributed by atoms with Gasteiger partial charge in [-0.25, -0.2) is 0 Å². The summed E-state index contributed by atoms with van der Waals surface area (Å²) < 4.78 is 0. The van der Waals surface area contributed by atoms with Crippen LogP contribution in [-0.2, 0) is 11.2 Å². The lowest BCUT2D eigenvalue weighted by Crippen LogP contribution is -2.20. The van der Waals surface area contributed by atoms with E-state index in [4.69, 9.17) is 0 Å². The summed E-state index contributed by atoms with van der Waals surface area (Å²) in [6.45, 7) is 0. The molecular weight excluding hydrogens is 156 g/mol. The van der Waals surface area contributed by atoms with Gasteiger partial charge in [-0.15, -0.1) is 0 Å². The second-order valence-corrected chi connectivity index (χ2v) is 2.74. The van der Waals surface area contributed by atoms with Crippen LogP contribution in [0.3, 0.4) is 0 Å². The molecule has 0 unspecified atom stereocenters. The van der Waals surface area contributed by atoms with E-state index in [9.17, 15) is 9.59 Å². The van der Waals surface area contributed by atoms with Crippen LogP contribution < -0.4 is 0 Å². The predicted octanol–water partition coefficient (Wildman–Crippen LogP) is 0.175. The minimum atomic E-state index is -0.142. The number of aromatic nitrogens is 2. The Kier molecular flexibility index (Phi) is 1.46. The first-order valence-electron chi connectivity index (χ1n) is 3.62. The summed E-state index contributed by atoms with van der Waals surface area (Å²) in [6.07, 6.45) is 3.23. The smallest absolute Gasteiger partial charge is 0.172 e. The van der Waals surface area contributed by atoms with Gasteiger partial charge in [-0.1, -0.05) is 0 Å². The quantitative estimate of drug-likeness (QED) is 0.510. The van der Waals surface area contributed by atoms with Crippen LogP contribution in [-0.4, -0.2) is 21.8 Å². The van der Waals surface area contributed by atoms with Crippen LogP contribution in [0.25, 0.3) is 0 Å². The summed E-state index contributed by atoms with van der Waals surface area (Å²) in [5.74, 6) is -0.184. The highest BCUT2D eigenvalue weighted by Gasteiger charge is 2.22. The minimum Gasteiger partial charge on any atom is -0.299 e. The van der Waals surface area contributed by atoms with Gasteiger partial charge in [0.2, 0.25) is 0 Å². The second-order valence-electron chi connectivity index (χ2n) is 2.74. The first-order chi connectivity index (χ1) is 5.77. The fourth-order valence-corrected chi connectivity index (χ4v) is 1.29. The van der Waals surface area contributed by atoms with Crippen molar-refractivity contribution in [3.63, 3.8) is 0 Å². The van der Waals surface area contributed by atoms with Crippen LogP contribution in [0.5, 0.6) is 0 Å². The molecule has 0 aromatic carbocycles. The zero-order valence-electron chi connectivity index (χ0n) is 6.28. The van der Waals surface area contributed by atoms with Gasteiger partial charge in [0.25, 0.3) is 0 Å². The maximum atomic E-state index is 11.2. The van der Waals surface area contributed by atoms with E-state index >= 15 is 0 Å². The summed E-state index contributed by atoms with van der Waals surface area (Å²) in [4.78, 5) is 22.2. The number of rotatable bonds is 0. The van der Waals surface area contributed by atoms with E-state index < -0.39 is 0 Å². The van der Waals surface area contributed by atoms with Crippen molar-refractivity contribution in [2.45, 2.75) is 12.8 Å². The summed E-state index contributed by atoms with van der Waals surface area (Å²) >= 11 is 0. The van der Waals surface area contributed by atoms with Crippen LogP contribution in [0.1, 0.15) is 22.3 Å². The molecule has 1 heterocycles. The third kappa shape index (κ3) is 1.01. The first-order valence-corrected chi connectivity index (χ1v) is 3.62. The van der Waals surface area contributed by atoms with E-state index in [-0.39, 0.29) is 18.0 Å². The Morgan fingerprint density at radius 2 is 1.83 bits per heavy atom. The molecule has 0 amide bonds. The number of nitrogens with zero attached hydrogens (tertiary/aromatic N) is 2. The molecule has 0 saturated carbocycles. The molecule has 0 spiro atoms. The zero-order chi connectivity index (χ0) is 8.55. The van der Waals surface area contributed by atoms with E-state index in [1.54, 1.807) is 0 Å². The Hall–Kier alpha value is -1.58. The maximum Gasteiger partial charge on any atom is 0.172 e. The number of carbonyl (C=O) groups is 2. The Bertz CT molecular complexity index is 360. The number of hydrogen-bond donors (Lipinski definition) is 0. The number of Topliss-reactive ketones (excluding diaryl/α,β-unsaturated/α-hetero) is 2. The molecule has 1 aliphatic rings. The predicted molar refractivity (Wildman–Crippen MR) is 39.7 cm³/mol. The SMILES string of the molecule is O=C1CC(=O)c2cnncc2C1. The van der Waals surface area contributed by atoms with Crippen LogP contribution in [0.4, 0.5) is 0 Å². The molecule has 1 aliphatic carbocycles. The summed E-state index contributed by atoms with van der Waals surface area (Å²) in [6, 6.07) is 0. The summed E-state index contributed by atoms with van der Waals surface area (Å²) in [5.41, 5.74) is 1.25. The van der Waals surface area contributed by atoms with E-state index in [0.29, 0.717) is 17.5 Å². The Labute approximate surface area is 68.6 Å². The molecule has 0 fully saturated rings. The van der Waals surface area contributed by atoms with Gasteiger partial charge in [0.1, 0.15) is 5.78 Å². The van der Waals surface area contributed by atoms with Gasteiger partial charge >= 0.3 is 0 Å². The Morgan fingerprint density at radius 1 is 1.08 bits per heavy atom. The van der Waals surface area contributed by atoms with Crippen LogP contribution in [0.15, 0.2) is 12.4 Å². The van der Waals surface area contributed by atoms with E-state index in [2.05, 4.69) is 10.2 Å². The molecule has 0 bridgehead atoms. The molecule has 0 N–H and O–H groups in total. The van der Waals surface area contributed by atoms with Crippen molar-refractivity contribution in [3.8, 4) is 0 Å². The Balaban J connectivity index is 2.54. The van der Waals surface area contributed by atoms with Gasteiger partial charge in [0.05, 0.1) is 18.8 Å². The topological polar surface area (TPSA) is 59.9 Å². The third-order valence-corrected chi connectivity index (χ3v) is 1.86. The molecule has 0 aliphatic heterocycles. The molecule has 1 aromatic heterocycles. The molecule has 0 saturated heterocycles. The van der Waals surface area contributed by atoms with Gasteiger partial charge in [0.15, 0.2) is 5.78 Å². The lowest BCUT2D eigenvalue weighted by atomic mass is 9.92. The lowest BCUT2D eigenvalue weighted by Gasteiger charge is -2.10. The maximum absolute atomic E-state index is 11.2. The molecular formula is C8H6N2O2. The normalized spacial score (nSPS) is 16.0. The molecule has 4 nitrogen and oxygen atoms in total. The molecule has 12 heavy (non-hydrogen) atoms. The van der Waals surface area contributed by atoms with Crippen molar-refractivity contribution in [2.75, 3.05) is 0 Å². The zero-order valence-corrected chi connectivity index (χ0v) is 6.28. The van der Waals surface area contributed by atoms with E-state index in [0.717, 1.165) is 0 Å². The number of carbonyl (C=O) groups excluding carboxylic acids is 2. The van der Waals surface area contributed by atoms with Gasteiger partial charge < -0.3 is 0 Å². The van der Waals surface area contributed by atoms with Gasteiger partial charge in [-0.3, -0.25) is 9.59 Å². The van der Waals surface area contributed by atoms with Crippen molar-refractivity contribution in [1.29, 1.82) is 0 Å². The minimum absolute atomic E-state index is 0.0126. The average Bonchev–Trinajstić information content (AvgIpc) is 2.04. The van der Waals surface area contributed by atoms with Crippen LogP contribution in [0.2, 0.25) is 0 Å². The highest BCUT2D eigenvalue weighted by Crippen LogP contribution is 2.16. The van der Waals surface area contributed by atoms with Gasteiger partial charge in [0, 0.05) is 12.0 Å². The monoisotopic (exact) mass is 162 g/mol. The molecule has 60 valence electrons. The molecule has 4 heteroatoms. The number of ketones is 2. The third-order valence-electron chi connectivity index (χ3n) is 1.86. The van der Waals surface area contributed by atoms with Crippen LogP contribution in [0, 0.1) is 0 Å². The largest absolute Gasteiger partial charge is 0.299 e. The van der Waals surface area contributed by atoms with Gasteiger partial charge in [-0.2, -0.15) is 10.2 Å². The molecule has 2 rings (SSSR count). The lowest BCUT2D eigenvalue weighted by molar-refractivity contribution is -0.117. The van der Waals surface area contributed by atoms with E-state index in [1.165, 1.54) is 12.4 Å². The van der Waals surface area contributed by atoms with Crippen molar-refractivity contribution < 1.29 is 9.59 Å². The van der Waals surface area contributed by atoms with E-state index in [1.807, 2.05) is 0 Å². The van der Waals surface area contributed by atoms with Crippen molar-refractivity contribution in [1.82, 2.24) is 10.2 Å². The number of fused-ring (bicyclic) bond motifs is 1. The fourth-order valence-electron chi connectivity index (χ4n) is 1.29. The standard InChI is InChI=1S/C8H6N2O2/c11-6-1-5-3-9-10-4-7(5)8(12)2-6/h3-4H,1-2H2. The van der Waals surface area contributed by atoms with Crippen molar-refractivity contribution >= 4 is 11.6 Å². The highest BCUT2D eigenvalue weighted by atomic mass is 16.1. The summed E-state index contributed by atoms with van der Waals surface area (Å²) in [5, 5.41) is 7.20. The van der Waals surface area contributed by atoms with Gasteiger partial charge in [-0.05, 0) is 5.56 Å². The van der Waals surface area contributed by atoms with Crippen LogP contribution >= 0.6 is 0 Å². The fraction of sp³-hybridized carbons (Fsp3) is 0.250. The van der Waals surface area contributed by atoms with Crippen molar-refractivity contribution in [2.24, 2.45) is 0 Å².